The number of fused-ring (bicyclic) bond motifs is 1. The van der Waals surface area contributed by atoms with Crippen molar-refractivity contribution in [3.05, 3.63) is 58.4 Å². The molecule has 0 saturated heterocycles. The second-order valence-electron chi connectivity index (χ2n) is 4.31. The van der Waals surface area contributed by atoms with Gasteiger partial charge in [0.1, 0.15) is 5.69 Å². The Morgan fingerprint density at radius 3 is 2.83 bits per heavy atom. The molecule has 0 bridgehead atoms. The lowest BCUT2D eigenvalue weighted by atomic mass is 10.1. The van der Waals surface area contributed by atoms with E-state index in [-0.39, 0.29) is 0 Å². The smallest absolute Gasteiger partial charge is 0.194 e. The number of hydrogen-bond donors (Lipinski definition) is 0. The lowest BCUT2D eigenvalue weighted by Gasteiger charge is -1.98. The molecule has 3 nitrogen and oxygen atoms in total. The van der Waals surface area contributed by atoms with Crippen LogP contribution in [0.2, 0.25) is 0 Å². The molecule has 90 valence electrons. The van der Waals surface area contributed by atoms with Crippen LogP contribution < -0.4 is 0 Å². The molecule has 0 N–H and O–H groups in total. The van der Waals surface area contributed by atoms with Crippen molar-refractivity contribution in [1.29, 1.82) is 0 Å². The summed E-state index contributed by atoms with van der Waals surface area (Å²) in [5, 5.41) is 0. The Labute approximate surface area is 109 Å². The van der Waals surface area contributed by atoms with Gasteiger partial charge in [-0.3, -0.25) is 9.20 Å². The number of nitrogens with zero attached hydrogens (tertiary/aromatic N) is 2. The minimum Gasteiger partial charge on any atom is -0.296 e. The van der Waals surface area contributed by atoms with Crippen molar-refractivity contribution in [2.45, 2.75) is 13.3 Å². The predicted octanol–water partition coefficient (Wildman–Crippen LogP) is 3.11. The highest BCUT2D eigenvalue weighted by Crippen LogP contribution is 2.21. The summed E-state index contributed by atoms with van der Waals surface area (Å²) < 4.78 is 1.85. The topological polar surface area (TPSA) is 34.4 Å². The van der Waals surface area contributed by atoms with Crippen LogP contribution in [0.5, 0.6) is 0 Å². The van der Waals surface area contributed by atoms with Crippen molar-refractivity contribution in [2.75, 3.05) is 0 Å². The van der Waals surface area contributed by atoms with Gasteiger partial charge in [-0.1, -0.05) is 29.8 Å². The molecule has 0 aliphatic heterocycles. The quantitative estimate of drug-likeness (QED) is 0.675. The fourth-order valence-corrected chi connectivity index (χ4v) is 2.92. The summed E-state index contributed by atoms with van der Waals surface area (Å²) in [6, 6.07) is 8.51. The van der Waals surface area contributed by atoms with Gasteiger partial charge in [-0.2, -0.15) is 0 Å². The molecule has 0 aliphatic rings. The lowest BCUT2D eigenvalue weighted by Crippen LogP contribution is -1.87. The Bertz CT molecular complexity index is 694. The van der Waals surface area contributed by atoms with Crippen LogP contribution >= 0.6 is 11.3 Å². The third-order valence-electron chi connectivity index (χ3n) is 2.91. The number of aryl methyl sites for hydroxylation is 1. The van der Waals surface area contributed by atoms with E-state index in [0.717, 1.165) is 17.7 Å². The van der Waals surface area contributed by atoms with Crippen LogP contribution in [0.15, 0.2) is 36.7 Å². The minimum atomic E-state index is 0.608. The number of benzene rings is 1. The van der Waals surface area contributed by atoms with Gasteiger partial charge in [-0.15, -0.1) is 11.3 Å². The molecule has 0 fully saturated rings. The molecule has 0 spiro atoms. The normalized spacial score (nSPS) is 10.9. The Morgan fingerprint density at radius 1 is 1.33 bits per heavy atom. The summed E-state index contributed by atoms with van der Waals surface area (Å²) in [6.45, 7) is 2.08. The molecule has 0 saturated carbocycles. The first-order valence-corrected chi connectivity index (χ1v) is 6.54. The highest BCUT2D eigenvalue weighted by atomic mass is 32.1. The van der Waals surface area contributed by atoms with Gasteiger partial charge < -0.3 is 0 Å². The van der Waals surface area contributed by atoms with Gasteiger partial charge in [0.25, 0.3) is 0 Å². The summed E-state index contributed by atoms with van der Waals surface area (Å²) in [7, 11) is 0. The number of aldehydes is 1. The number of rotatable bonds is 3. The van der Waals surface area contributed by atoms with E-state index < -0.39 is 0 Å². The molecule has 2 heterocycles. The molecule has 4 heteroatoms. The summed E-state index contributed by atoms with van der Waals surface area (Å²) in [5.74, 6) is 0. The molecule has 1 aromatic carbocycles. The van der Waals surface area contributed by atoms with Crippen molar-refractivity contribution >= 4 is 22.6 Å². The van der Waals surface area contributed by atoms with Gasteiger partial charge in [0.2, 0.25) is 0 Å². The number of aromatic nitrogens is 2. The molecule has 18 heavy (non-hydrogen) atoms. The first-order chi connectivity index (χ1) is 8.76. The number of carbonyl (C=O) groups excluding carboxylic acids is 1. The van der Waals surface area contributed by atoms with Crippen molar-refractivity contribution in [2.24, 2.45) is 0 Å². The van der Waals surface area contributed by atoms with E-state index in [9.17, 15) is 4.79 Å². The van der Waals surface area contributed by atoms with Crippen molar-refractivity contribution in [3.8, 4) is 0 Å². The second kappa shape index (κ2) is 4.38. The lowest BCUT2D eigenvalue weighted by molar-refractivity contribution is 0.111. The highest BCUT2D eigenvalue weighted by Gasteiger charge is 2.07. The van der Waals surface area contributed by atoms with Crippen molar-refractivity contribution in [3.63, 3.8) is 0 Å². The molecule has 3 aromatic rings. The number of imidazole rings is 1. The van der Waals surface area contributed by atoms with E-state index in [1.807, 2.05) is 10.6 Å². The van der Waals surface area contributed by atoms with E-state index in [1.165, 1.54) is 16.0 Å². The largest absolute Gasteiger partial charge is 0.296 e. The summed E-state index contributed by atoms with van der Waals surface area (Å²) in [6.07, 6.45) is 5.32. The maximum atomic E-state index is 10.8. The van der Waals surface area contributed by atoms with Crippen LogP contribution in [-0.2, 0) is 6.42 Å². The molecule has 0 unspecified atom stereocenters. The number of thiazole rings is 1. The molecule has 0 atom stereocenters. The van der Waals surface area contributed by atoms with Crippen molar-refractivity contribution < 1.29 is 4.79 Å². The van der Waals surface area contributed by atoms with Crippen LogP contribution in [-0.4, -0.2) is 15.7 Å². The van der Waals surface area contributed by atoms with Crippen LogP contribution in [0.3, 0.4) is 0 Å². The second-order valence-corrected chi connectivity index (χ2v) is 5.41. The van der Waals surface area contributed by atoms with Crippen LogP contribution in [0.4, 0.5) is 0 Å². The zero-order chi connectivity index (χ0) is 12.5. The molecule has 2 aromatic heterocycles. The molecule has 0 radical (unpaired) electrons. The molecule has 0 aliphatic carbocycles. The molecule has 0 amide bonds. The Hall–Kier alpha value is -1.94. The van der Waals surface area contributed by atoms with E-state index in [2.05, 4.69) is 36.2 Å². The monoisotopic (exact) mass is 256 g/mol. The van der Waals surface area contributed by atoms with Crippen LogP contribution in [0.1, 0.15) is 26.5 Å². The average molecular weight is 256 g/mol. The van der Waals surface area contributed by atoms with Crippen LogP contribution in [0, 0.1) is 6.92 Å². The van der Waals surface area contributed by atoms with Gasteiger partial charge in [-0.25, -0.2) is 4.98 Å². The van der Waals surface area contributed by atoms with Crippen molar-refractivity contribution in [1.82, 2.24) is 9.38 Å². The average Bonchev–Trinajstić information content (AvgIpc) is 2.91. The third kappa shape index (κ3) is 1.95. The molecule has 3 rings (SSSR count). The Balaban J connectivity index is 1.92. The fourth-order valence-electron chi connectivity index (χ4n) is 1.93. The van der Waals surface area contributed by atoms with E-state index in [1.54, 1.807) is 17.5 Å². The molecular weight excluding hydrogens is 244 g/mol. The van der Waals surface area contributed by atoms with Gasteiger partial charge in [0.05, 0.1) is 6.20 Å². The first-order valence-electron chi connectivity index (χ1n) is 5.73. The SMILES string of the molecule is Cc1ccc(Cc2cn3c(C=O)cnc3s2)cc1. The zero-order valence-corrected chi connectivity index (χ0v) is 10.8. The summed E-state index contributed by atoms with van der Waals surface area (Å²) >= 11 is 1.63. The zero-order valence-electron chi connectivity index (χ0n) is 9.96. The van der Waals surface area contributed by atoms with Crippen LogP contribution in [0.25, 0.3) is 4.96 Å². The summed E-state index contributed by atoms with van der Waals surface area (Å²) in [5.41, 5.74) is 3.15. The Kier molecular flexibility index (Phi) is 2.72. The standard InChI is InChI=1S/C14H12N2OS/c1-10-2-4-11(5-3-10)6-13-8-16-12(9-17)7-15-14(16)18-13/h2-5,7-9H,6H2,1H3. The minimum absolute atomic E-state index is 0.608. The van der Waals surface area contributed by atoms with Gasteiger partial charge >= 0.3 is 0 Å². The number of hydrogen-bond acceptors (Lipinski definition) is 3. The van der Waals surface area contributed by atoms with Gasteiger partial charge in [-0.05, 0) is 12.5 Å². The fraction of sp³-hybridized carbons (Fsp3) is 0.143. The maximum Gasteiger partial charge on any atom is 0.194 e. The third-order valence-corrected chi connectivity index (χ3v) is 3.90. The van der Waals surface area contributed by atoms with E-state index in [0.29, 0.717) is 5.69 Å². The van der Waals surface area contributed by atoms with Gasteiger partial charge in [0, 0.05) is 17.5 Å². The van der Waals surface area contributed by atoms with E-state index in [4.69, 9.17) is 0 Å². The van der Waals surface area contributed by atoms with E-state index >= 15 is 0 Å². The predicted molar refractivity (Wildman–Crippen MR) is 72.4 cm³/mol. The Morgan fingerprint density at radius 2 is 2.11 bits per heavy atom. The highest BCUT2D eigenvalue weighted by molar-refractivity contribution is 7.17. The summed E-state index contributed by atoms with van der Waals surface area (Å²) in [4.78, 5) is 17.1. The van der Waals surface area contributed by atoms with Gasteiger partial charge in [0.15, 0.2) is 11.2 Å². The number of carbonyl (C=O) groups is 1. The first kappa shape index (κ1) is 11.2. The molecular formula is C14H12N2OS. The maximum absolute atomic E-state index is 10.8.